The molecule has 0 radical (unpaired) electrons. The number of anilines is 2. The molecule has 27 heavy (non-hydrogen) atoms. The summed E-state index contributed by atoms with van der Waals surface area (Å²) in [6.45, 7) is 0.941. The molecule has 0 saturated heterocycles. The molecule has 0 saturated carbocycles. The van der Waals surface area contributed by atoms with Gasteiger partial charge in [-0.05, 0) is 43.3 Å². The number of amides is 2. The van der Waals surface area contributed by atoms with E-state index < -0.39 is 28.6 Å². The Kier molecular flexibility index (Phi) is 4.71. The van der Waals surface area contributed by atoms with E-state index in [1.165, 1.54) is 56.5 Å². The molecule has 9 heteroatoms. The first-order chi connectivity index (χ1) is 12.8. The molecular weight excluding hydrogens is 372 g/mol. The maximum Gasteiger partial charge on any atom is 0.343 e. The van der Waals surface area contributed by atoms with E-state index in [2.05, 4.69) is 4.74 Å². The Balaban J connectivity index is 2.15. The molecule has 0 bridgehead atoms. The maximum absolute atomic E-state index is 13.0. The molecule has 0 fully saturated rings. The van der Waals surface area contributed by atoms with Crippen LogP contribution < -0.4 is 9.21 Å². The average molecular weight is 388 g/mol. The second kappa shape index (κ2) is 6.84. The Morgan fingerprint density at radius 3 is 2.26 bits per heavy atom. The molecule has 1 aliphatic heterocycles. The Hall–Kier alpha value is -3.20. The van der Waals surface area contributed by atoms with E-state index in [0.29, 0.717) is 9.87 Å². The molecule has 2 aromatic rings. The number of sulfonamides is 1. The highest BCUT2D eigenvalue weighted by Gasteiger charge is 2.43. The fraction of sp³-hybridized carbons (Fsp3) is 0.167. The lowest BCUT2D eigenvalue weighted by Gasteiger charge is -2.35. The summed E-state index contributed by atoms with van der Waals surface area (Å²) < 4.78 is 31.3. The van der Waals surface area contributed by atoms with Crippen LogP contribution in [-0.4, -0.2) is 39.9 Å². The van der Waals surface area contributed by atoms with Gasteiger partial charge in [0.2, 0.25) is 0 Å². The summed E-state index contributed by atoms with van der Waals surface area (Å²) in [6.07, 6.45) is 0. The number of hydrogen-bond acceptors (Lipinski definition) is 6. The molecule has 3 rings (SSSR count). The van der Waals surface area contributed by atoms with Crippen molar-refractivity contribution in [2.75, 3.05) is 22.9 Å². The smallest absolute Gasteiger partial charge is 0.343 e. The first-order valence-electron chi connectivity index (χ1n) is 7.91. The largest absolute Gasteiger partial charge is 0.468 e. The third kappa shape index (κ3) is 3.17. The summed E-state index contributed by atoms with van der Waals surface area (Å²) in [5.41, 5.74) is 0.547. The lowest BCUT2D eigenvalue weighted by Crippen LogP contribution is -2.52. The van der Waals surface area contributed by atoms with Crippen LogP contribution in [0.1, 0.15) is 17.3 Å². The predicted molar refractivity (Wildman–Crippen MR) is 97.3 cm³/mol. The standard InChI is InChI=1S/C18H16N2O6S/c1-12(21)13-7-9-14(10-8-13)20-18(23)19(11-17(22)26-2)15-5-3-4-6-16(15)27(20,24)25/h3-10H,11H2,1-2H3. The fourth-order valence-electron chi connectivity index (χ4n) is 2.74. The van der Waals surface area contributed by atoms with Crippen LogP contribution in [0.4, 0.5) is 16.2 Å². The van der Waals surface area contributed by atoms with Gasteiger partial charge in [0.1, 0.15) is 11.4 Å². The number of benzene rings is 2. The number of ether oxygens (including phenoxy) is 1. The number of Topliss-reactive ketones (excluding diaryl/α,β-unsaturated/α-hetero) is 1. The van der Waals surface area contributed by atoms with E-state index in [4.69, 9.17) is 0 Å². The van der Waals surface area contributed by atoms with Crippen molar-refractivity contribution in [3.8, 4) is 0 Å². The van der Waals surface area contributed by atoms with Gasteiger partial charge < -0.3 is 4.74 Å². The minimum absolute atomic E-state index is 0.0642. The van der Waals surface area contributed by atoms with Crippen LogP contribution in [0.15, 0.2) is 53.4 Å². The van der Waals surface area contributed by atoms with E-state index in [9.17, 15) is 22.8 Å². The molecule has 0 aromatic heterocycles. The second-order valence-corrected chi connectivity index (χ2v) is 7.54. The Morgan fingerprint density at radius 1 is 1.04 bits per heavy atom. The highest BCUT2D eigenvalue weighted by molar-refractivity contribution is 7.94. The lowest BCUT2D eigenvalue weighted by atomic mass is 10.1. The SMILES string of the molecule is COC(=O)CN1C(=O)N(c2ccc(C(C)=O)cc2)S(=O)(=O)c2ccccc21. The van der Waals surface area contributed by atoms with Gasteiger partial charge in [-0.2, -0.15) is 4.31 Å². The summed E-state index contributed by atoms with van der Waals surface area (Å²) in [5.74, 6) is -0.878. The van der Waals surface area contributed by atoms with E-state index in [1.807, 2.05) is 0 Å². The van der Waals surface area contributed by atoms with E-state index in [0.717, 1.165) is 4.90 Å². The van der Waals surface area contributed by atoms with Gasteiger partial charge in [0.25, 0.3) is 10.0 Å². The Morgan fingerprint density at radius 2 is 1.67 bits per heavy atom. The van der Waals surface area contributed by atoms with E-state index in [1.54, 1.807) is 6.07 Å². The highest BCUT2D eigenvalue weighted by atomic mass is 32.2. The number of para-hydroxylation sites is 1. The molecule has 0 N–H and O–H groups in total. The maximum atomic E-state index is 13.0. The molecule has 0 atom stereocenters. The number of rotatable bonds is 4. The third-order valence-electron chi connectivity index (χ3n) is 4.10. The summed E-state index contributed by atoms with van der Waals surface area (Å²) in [6, 6.07) is 10.6. The van der Waals surface area contributed by atoms with Gasteiger partial charge in [-0.3, -0.25) is 14.5 Å². The van der Waals surface area contributed by atoms with E-state index in [-0.39, 0.29) is 22.1 Å². The molecule has 140 valence electrons. The number of nitrogens with zero attached hydrogens (tertiary/aromatic N) is 2. The number of esters is 1. The first kappa shape index (κ1) is 18.6. The van der Waals surface area contributed by atoms with Crippen molar-refractivity contribution in [2.45, 2.75) is 11.8 Å². The molecule has 8 nitrogen and oxygen atoms in total. The van der Waals surface area contributed by atoms with Crippen LogP contribution in [0.25, 0.3) is 0 Å². The molecule has 2 amide bonds. The van der Waals surface area contributed by atoms with Crippen molar-refractivity contribution >= 4 is 39.2 Å². The van der Waals surface area contributed by atoms with Crippen LogP contribution in [0, 0.1) is 0 Å². The molecule has 0 aliphatic carbocycles. The van der Waals surface area contributed by atoms with Gasteiger partial charge >= 0.3 is 12.0 Å². The van der Waals surface area contributed by atoms with Crippen LogP contribution in [0.5, 0.6) is 0 Å². The molecule has 1 heterocycles. The van der Waals surface area contributed by atoms with Crippen LogP contribution in [0.3, 0.4) is 0 Å². The number of hydrogen-bond donors (Lipinski definition) is 0. The zero-order chi connectivity index (χ0) is 19.8. The predicted octanol–water partition coefficient (Wildman–Crippen LogP) is 2.20. The second-order valence-electron chi connectivity index (χ2n) is 5.79. The van der Waals surface area contributed by atoms with Gasteiger partial charge in [-0.1, -0.05) is 12.1 Å². The van der Waals surface area contributed by atoms with Crippen LogP contribution >= 0.6 is 0 Å². The van der Waals surface area contributed by atoms with Crippen molar-refractivity contribution in [3.63, 3.8) is 0 Å². The monoisotopic (exact) mass is 388 g/mol. The fourth-order valence-corrected chi connectivity index (χ4v) is 4.33. The van der Waals surface area contributed by atoms with Crippen LogP contribution in [-0.2, 0) is 19.6 Å². The van der Waals surface area contributed by atoms with Gasteiger partial charge in [0, 0.05) is 5.56 Å². The topological polar surface area (TPSA) is 101 Å². The van der Waals surface area contributed by atoms with Gasteiger partial charge in [0.05, 0.1) is 18.5 Å². The molecule has 0 unspecified atom stereocenters. The number of fused-ring (bicyclic) bond motifs is 1. The normalized spacial score (nSPS) is 15.3. The van der Waals surface area contributed by atoms with Crippen molar-refractivity contribution in [1.29, 1.82) is 0 Å². The molecular formula is C18H16N2O6S. The average Bonchev–Trinajstić information content (AvgIpc) is 2.65. The summed E-state index contributed by atoms with van der Waals surface area (Å²) in [4.78, 5) is 37.1. The lowest BCUT2D eigenvalue weighted by molar-refractivity contribution is -0.138. The van der Waals surface area contributed by atoms with Crippen molar-refractivity contribution in [2.24, 2.45) is 0 Å². The van der Waals surface area contributed by atoms with Gasteiger partial charge in [0.15, 0.2) is 5.78 Å². The van der Waals surface area contributed by atoms with E-state index >= 15 is 0 Å². The van der Waals surface area contributed by atoms with Crippen molar-refractivity contribution < 1.29 is 27.5 Å². The number of carbonyl (C=O) groups excluding carboxylic acids is 3. The number of methoxy groups -OCH3 is 1. The van der Waals surface area contributed by atoms with Crippen LogP contribution in [0.2, 0.25) is 0 Å². The minimum Gasteiger partial charge on any atom is -0.468 e. The summed E-state index contributed by atoms with van der Waals surface area (Å²) in [7, 11) is -3.01. The first-order valence-corrected chi connectivity index (χ1v) is 9.35. The summed E-state index contributed by atoms with van der Waals surface area (Å²) in [5, 5.41) is 0. The third-order valence-corrected chi connectivity index (χ3v) is 5.85. The molecule has 1 aliphatic rings. The highest BCUT2D eigenvalue weighted by Crippen LogP contribution is 2.37. The molecule has 2 aromatic carbocycles. The van der Waals surface area contributed by atoms with Crippen molar-refractivity contribution in [3.05, 3.63) is 54.1 Å². The van der Waals surface area contributed by atoms with Gasteiger partial charge in [-0.25, -0.2) is 13.2 Å². The number of carbonyl (C=O) groups is 3. The number of ketones is 1. The van der Waals surface area contributed by atoms with Gasteiger partial charge in [-0.15, -0.1) is 0 Å². The Bertz CT molecular complexity index is 1030. The number of urea groups is 1. The Labute approximate surface area is 156 Å². The molecule has 0 spiro atoms. The zero-order valence-electron chi connectivity index (χ0n) is 14.6. The van der Waals surface area contributed by atoms with Crippen molar-refractivity contribution in [1.82, 2.24) is 0 Å². The zero-order valence-corrected chi connectivity index (χ0v) is 15.4. The summed E-state index contributed by atoms with van der Waals surface area (Å²) >= 11 is 0. The quantitative estimate of drug-likeness (QED) is 0.588. The minimum atomic E-state index is -4.19.